The first-order valence-electron chi connectivity index (χ1n) is 4.60. The summed E-state index contributed by atoms with van der Waals surface area (Å²) in [6.45, 7) is 1.78. The molecule has 0 radical (unpaired) electrons. The maximum atomic E-state index is 11.5. The number of rotatable bonds is 1. The number of benzene rings is 1. The van der Waals surface area contributed by atoms with Gasteiger partial charge in [-0.3, -0.25) is 4.79 Å². The van der Waals surface area contributed by atoms with Gasteiger partial charge >= 0.3 is 0 Å². The van der Waals surface area contributed by atoms with Gasteiger partial charge in [-0.15, -0.1) is 0 Å². The fraction of sp³-hybridized carbons (Fsp3) is 0.0909. The predicted molar refractivity (Wildman–Crippen MR) is 67.7 cm³/mol. The van der Waals surface area contributed by atoms with Crippen LogP contribution in [0.3, 0.4) is 0 Å². The van der Waals surface area contributed by atoms with Crippen molar-refractivity contribution >= 4 is 27.5 Å². The molecule has 0 spiro atoms. The maximum Gasteiger partial charge on any atom is 0.265 e. The lowest BCUT2D eigenvalue weighted by Gasteiger charge is -2.03. The second-order valence-electron chi connectivity index (χ2n) is 3.32. The third kappa shape index (κ3) is 2.18. The zero-order valence-electron chi connectivity index (χ0n) is 8.42. The molecule has 0 saturated carbocycles. The van der Waals surface area contributed by atoms with E-state index in [9.17, 15) is 4.79 Å². The van der Waals surface area contributed by atoms with Crippen molar-refractivity contribution in [2.75, 3.05) is 0 Å². The third-order valence-corrected chi connectivity index (χ3v) is 3.33. The summed E-state index contributed by atoms with van der Waals surface area (Å²) in [5, 5.41) is 0.653. The van der Waals surface area contributed by atoms with Crippen LogP contribution in [0.4, 0.5) is 0 Å². The van der Waals surface area contributed by atoms with E-state index in [0.29, 0.717) is 21.0 Å². The van der Waals surface area contributed by atoms with E-state index in [2.05, 4.69) is 25.9 Å². The average molecular weight is 300 g/mol. The summed E-state index contributed by atoms with van der Waals surface area (Å²) in [6.07, 6.45) is 0. The Morgan fingerprint density at radius 2 is 1.94 bits per heavy atom. The standard InChI is InChI=1S/C11H8BrClN2O/c1-6-9(12)11(16)15-10(14-6)7-2-4-8(13)5-3-7/h2-5H,1H3,(H,14,15,16). The molecular formula is C11H8BrClN2O. The van der Waals surface area contributed by atoms with Crippen LogP contribution in [0.15, 0.2) is 33.5 Å². The van der Waals surface area contributed by atoms with E-state index in [1.807, 2.05) is 12.1 Å². The molecule has 0 aliphatic rings. The Morgan fingerprint density at radius 1 is 1.31 bits per heavy atom. The Labute approximate surface area is 106 Å². The Bertz CT molecular complexity index is 578. The topological polar surface area (TPSA) is 45.8 Å². The summed E-state index contributed by atoms with van der Waals surface area (Å²) >= 11 is 8.96. The first kappa shape index (κ1) is 11.4. The molecule has 5 heteroatoms. The van der Waals surface area contributed by atoms with Gasteiger partial charge in [0.05, 0.1) is 5.69 Å². The molecule has 0 atom stereocenters. The van der Waals surface area contributed by atoms with E-state index in [0.717, 1.165) is 5.56 Å². The van der Waals surface area contributed by atoms with E-state index in [-0.39, 0.29) is 5.56 Å². The lowest BCUT2D eigenvalue weighted by atomic mass is 10.2. The summed E-state index contributed by atoms with van der Waals surface area (Å²) in [6, 6.07) is 7.14. The summed E-state index contributed by atoms with van der Waals surface area (Å²) in [7, 11) is 0. The van der Waals surface area contributed by atoms with E-state index in [1.165, 1.54) is 0 Å². The van der Waals surface area contributed by atoms with Gasteiger partial charge in [-0.1, -0.05) is 11.6 Å². The Kier molecular flexibility index (Phi) is 3.12. The minimum absolute atomic E-state index is 0.183. The number of nitrogens with zero attached hydrogens (tertiary/aromatic N) is 1. The van der Waals surface area contributed by atoms with Crippen molar-refractivity contribution in [3.8, 4) is 11.4 Å². The molecule has 0 amide bonds. The molecule has 16 heavy (non-hydrogen) atoms. The van der Waals surface area contributed by atoms with Crippen molar-refractivity contribution in [1.82, 2.24) is 9.97 Å². The predicted octanol–water partition coefficient (Wildman–Crippen LogP) is 3.16. The lowest BCUT2D eigenvalue weighted by molar-refractivity contribution is 1.05. The minimum Gasteiger partial charge on any atom is -0.306 e. The molecule has 0 fully saturated rings. The zero-order chi connectivity index (χ0) is 11.7. The highest BCUT2D eigenvalue weighted by atomic mass is 79.9. The fourth-order valence-corrected chi connectivity index (χ4v) is 1.63. The molecule has 1 heterocycles. The van der Waals surface area contributed by atoms with Crippen LogP contribution < -0.4 is 5.56 Å². The normalized spacial score (nSPS) is 10.4. The zero-order valence-corrected chi connectivity index (χ0v) is 10.8. The van der Waals surface area contributed by atoms with E-state index < -0.39 is 0 Å². The molecule has 0 bridgehead atoms. The highest BCUT2D eigenvalue weighted by Crippen LogP contribution is 2.18. The summed E-state index contributed by atoms with van der Waals surface area (Å²) in [4.78, 5) is 18.5. The van der Waals surface area contributed by atoms with E-state index >= 15 is 0 Å². The monoisotopic (exact) mass is 298 g/mol. The number of H-pyrrole nitrogens is 1. The molecule has 2 aromatic rings. The van der Waals surface area contributed by atoms with E-state index in [4.69, 9.17) is 11.6 Å². The second-order valence-corrected chi connectivity index (χ2v) is 4.55. The van der Waals surface area contributed by atoms with Crippen LogP contribution in [0.2, 0.25) is 5.02 Å². The van der Waals surface area contributed by atoms with Crippen molar-refractivity contribution in [3.05, 3.63) is 49.8 Å². The van der Waals surface area contributed by atoms with Gasteiger partial charge in [0, 0.05) is 10.6 Å². The molecule has 2 rings (SSSR count). The molecule has 0 aliphatic heterocycles. The number of halogens is 2. The van der Waals surface area contributed by atoms with Gasteiger partial charge < -0.3 is 4.98 Å². The smallest absolute Gasteiger partial charge is 0.265 e. The van der Waals surface area contributed by atoms with Gasteiger partial charge in [-0.05, 0) is 47.1 Å². The first-order chi connectivity index (χ1) is 7.58. The molecule has 3 nitrogen and oxygen atoms in total. The van der Waals surface area contributed by atoms with Crippen LogP contribution in [0.1, 0.15) is 5.69 Å². The van der Waals surface area contributed by atoms with Crippen molar-refractivity contribution < 1.29 is 0 Å². The fourth-order valence-electron chi connectivity index (χ4n) is 1.32. The average Bonchev–Trinajstić information content (AvgIpc) is 2.26. The molecule has 0 aliphatic carbocycles. The summed E-state index contributed by atoms with van der Waals surface area (Å²) in [5.74, 6) is 0.544. The Balaban J connectivity index is 2.57. The van der Waals surface area contributed by atoms with Crippen LogP contribution in [0.25, 0.3) is 11.4 Å². The van der Waals surface area contributed by atoms with Crippen molar-refractivity contribution in [2.24, 2.45) is 0 Å². The van der Waals surface area contributed by atoms with E-state index in [1.54, 1.807) is 19.1 Å². The van der Waals surface area contributed by atoms with Gasteiger partial charge in [-0.25, -0.2) is 4.98 Å². The van der Waals surface area contributed by atoms with Crippen molar-refractivity contribution in [1.29, 1.82) is 0 Å². The highest BCUT2D eigenvalue weighted by Gasteiger charge is 2.06. The highest BCUT2D eigenvalue weighted by molar-refractivity contribution is 9.10. The van der Waals surface area contributed by atoms with Gasteiger partial charge in [-0.2, -0.15) is 0 Å². The molecule has 1 aromatic heterocycles. The molecule has 0 saturated heterocycles. The minimum atomic E-state index is -0.183. The quantitative estimate of drug-likeness (QED) is 0.879. The molecule has 1 N–H and O–H groups in total. The molecule has 1 aromatic carbocycles. The number of nitrogens with one attached hydrogen (secondary N) is 1. The number of hydrogen-bond acceptors (Lipinski definition) is 2. The SMILES string of the molecule is Cc1nc(-c2ccc(Cl)cc2)[nH]c(=O)c1Br. The number of aryl methyl sites for hydroxylation is 1. The van der Waals surface area contributed by atoms with Crippen LogP contribution in [-0.4, -0.2) is 9.97 Å². The van der Waals surface area contributed by atoms with Crippen LogP contribution in [0.5, 0.6) is 0 Å². The van der Waals surface area contributed by atoms with Gasteiger partial charge in [0.1, 0.15) is 10.3 Å². The Hall–Kier alpha value is -1.13. The number of aromatic amines is 1. The second kappa shape index (κ2) is 4.39. The summed E-state index contributed by atoms with van der Waals surface area (Å²) < 4.78 is 0.463. The van der Waals surface area contributed by atoms with Crippen molar-refractivity contribution in [2.45, 2.75) is 6.92 Å². The van der Waals surface area contributed by atoms with Gasteiger partial charge in [0.25, 0.3) is 5.56 Å². The first-order valence-corrected chi connectivity index (χ1v) is 5.77. The van der Waals surface area contributed by atoms with Gasteiger partial charge in [0.15, 0.2) is 0 Å². The molecule has 82 valence electrons. The van der Waals surface area contributed by atoms with Crippen LogP contribution in [0, 0.1) is 6.92 Å². The molecular weight excluding hydrogens is 291 g/mol. The Morgan fingerprint density at radius 3 is 2.50 bits per heavy atom. The third-order valence-electron chi connectivity index (χ3n) is 2.15. The van der Waals surface area contributed by atoms with Crippen LogP contribution in [-0.2, 0) is 0 Å². The maximum absolute atomic E-state index is 11.5. The van der Waals surface area contributed by atoms with Crippen molar-refractivity contribution in [3.63, 3.8) is 0 Å². The van der Waals surface area contributed by atoms with Gasteiger partial charge in [0.2, 0.25) is 0 Å². The lowest BCUT2D eigenvalue weighted by Crippen LogP contribution is -2.11. The van der Waals surface area contributed by atoms with Crippen LogP contribution >= 0.6 is 27.5 Å². The number of aromatic nitrogens is 2. The largest absolute Gasteiger partial charge is 0.306 e. The molecule has 0 unspecified atom stereocenters. The summed E-state index contributed by atoms with van der Waals surface area (Å²) in [5.41, 5.74) is 1.31. The number of hydrogen-bond donors (Lipinski definition) is 1.